The van der Waals surface area contributed by atoms with Crippen molar-refractivity contribution in [3.8, 4) is 0 Å². The predicted octanol–water partition coefficient (Wildman–Crippen LogP) is 6.74. The Bertz CT molecular complexity index is 944. The molecule has 0 amide bonds. The van der Waals surface area contributed by atoms with E-state index < -0.39 is 0 Å². The molecule has 5 heteroatoms. The fourth-order valence-corrected chi connectivity index (χ4v) is 4.67. The molecule has 0 aliphatic heterocycles. The van der Waals surface area contributed by atoms with Crippen molar-refractivity contribution in [3.05, 3.63) is 65.3 Å². The number of thiocarbonyl (C=S) groups is 1. The summed E-state index contributed by atoms with van der Waals surface area (Å²) in [5, 5.41) is 6.18. The number of hydrogen-bond donors (Lipinski definition) is 2. The number of nitrogens with one attached hydrogen (secondary N) is 2. The highest BCUT2D eigenvalue weighted by molar-refractivity contribution is 7.80. The summed E-state index contributed by atoms with van der Waals surface area (Å²) in [6.07, 6.45) is 9.71. The lowest BCUT2D eigenvalue weighted by atomic mass is 10.1. The molecule has 1 aliphatic rings. The van der Waals surface area contributed by atoms with Gasteiger partial charge in [-0.1, -0.05) is 61.5 Å². The van der Waals surface area contributed by atoms with Gasteiger partial charge in [0.15, 0.2) is 5.11 Å². The topological polar surface area (TPSA) is 31.1 Å². The number of aromatic nitrogens is 1. The molecule has 3 aromatic rings. The summed E-state index contributed by atoms with van der Waals surface area (Å²) >= 11 is 12.0. The van der Waals surface area contributed by atoms with Crippen molar-refractivity contribution in [1.82, 2.24) is 9.88 Å². The maximum Gasteiger partial charge on any atom is 0.173 e. The Labute approximate surface area is 177 Å². The van der Waals surface area contributed by atoms with Gasteiger partial charge in [0.05, 0.1) is 0 Å². The summed E-state index contributed by atoms with van der Waals surface area (Å²) in [4.78, 5) is 5.78. The van der Waals surface area contributed by atoms with Gasteiger partial charge in [0.2, 0.25) is 0 Å². The zero-order valence-corrected chi connectivity index (χ0v) is 17.5. The highest BCUT2D eigenvalue weighted by Crippen LogP contribution is 2.27. The minimum atomic E-state index is 0.468. The molecule has 1 aliphatic carbocycles. The van der Waals surface area contributed by atoms with Gasteiger partial charge in [-0.05, 0) is 54.9 Å². The molecule has 4 rings (SSSR count). The van der Waals surface area contributed by atoms with E-state index in [1.807, 2.05) is 24.3 Å². The SMILES string of the molecule is S=C(Nc1cccc(Cl)c1)N(Cc1c[nH]c2ccccc12)C1CCCCCC1. The molecule has 146 valence electrons. The Hall–Kier alpha value is -2.04. The van der Waals surface area contributed by atoms with Gasteiger partial charge in [0.1, 0.15) is 0 Å². The number of benzene rings is 2. The molecule has 1 heterocycles. The van der Waals surface area contributed by atoms with Crippen LogP contribution in [0.4, 0.5) is 5.69 Å². The van der Waals surface area contributed by atoms with E-state index >= 15 is 0 Å². The van der Waals surface area contributed by atoms with Gasteiger partial charge >= 0.3 is 0 Å². The largest absolute Gasteiger partial charge is 0.361 e. The first-order valence-electron chi connectivity index (χ1n) is 10.1. The summed E-state index contributed by atoms with van der Waals surface area (Å²) in [7, 11) is 0. The molecule has 0 radical (unpaired) electrons. The third-order valence-corrected chi connectivity index (χ3v) is 6.19. The molecule has 0 spiro atoms. The Morgan fingerprint density at radius 2 is 1.86 bits per heavy atom. The molecule has 0 bridgehead atoms. The second-order valence-corrected chi connectivity index (χ2v) is 8.40. The van der Waals surface area contributed by atoms with Crippen molar-refractivity contribution in [2.75, 3.05) is 5.32 Å². The average molecular weight is 412 g/mol. The molecule has 2 aromatic carbocycles. The Balaban J connectivity index is 1.60. The van der Waals surface area contributed by atoms with Gasteiger partial charge < -0.3 is 15.2 Å². The first-order valence-corrected chi connectivity index (χ1v) is 10.9. The van der Waals surface area contributed by atoms with Gasteiger partial charge in [0, 0.05) is 40.4 Å². The fourth-order valence-electron chi connectivity index (χ4n) is 4.14. The molecule has 28 heavy (non-hydrogen) atoms. The quantitative estimate of drug-likeness (QED) is 0.368. The lowest BCUT2D eigenvalue weighted by molar-refractivity contribution is 0.281. The summed E-state index contributed by atoms with van der Waals surface area (Å²) in [6, 6.07) is 16.7. The van der Waals surface area contributed by atoms with Crippen molar-refractivity contribution < 1.29 is 0 Å². The van der Waals surface area contributed by atoms with E-state index in [1.54, 1.807) is 0 Å². The van der Waals surface area contributed by atoms with E-state index in [4.69, 9.17) is 23.8 Å². The van der Waals surface area contributed by atoms with Crippen LogP contribution in [-0.4, -0.2) is 21.0 Å². The van der Waals surface area contributed by atoms with E-state index in [0.29, 0.717) is 11.1 Å². The number of rotatable bonds is 4. The fraction of sp³-hybridized carbons (Fsp3) is 0.348. The zero-order valence-electron chi connectivity index (χ0n) is 16.0. The minimum Gasteiger partial charge on any atom is -0.361 e. The lowest BCUT2D eigenvalue weighted by Crippen LogP contribution is -2.42. The summed E-state index contributed by atoms with van der Waals surface area (Å²) < 4.78 is 0. The average Bonchev–Trinajstić information content (AvgIpc) is 2.91. The maximum atomic E-state index is 6.16. The van der Waals surface area contributed by atoms with Gasteiger partial charge in [-0.2, -0.15) is 0 Å². The van der Waals surface area contributed by atoms with Crippen LogP contribution in [0.15, 0.2) is 54.7 Å². The molecular formula is C23H26ClN3S. The van der Waals surface area contributed by atoms with Gasteiger partial charge in [0.25, 0.3) is 0 Å². The van der Waals surface area contributed by atoms with Crippen LogP contribution in [0.1, 0.15) is 44.1 Å². The number of hydrogen-bond acceptors (Lipinski definition) is 1. The Morgan fingerprint density at radius 3 is 2.64 bits per heavy atom. The van der Waals surface area contributed by atoms with Crippen LogP contribution in [-0.2, 0) is 6.54 Å². The molecule has 2 N–H and O–H groups in total. The molecule has 0 atom stereocenters. The van der Waals surface area contributed by atoms with Gasteiger partial charge in [-0.25, -0.2) is 0 Å². The first-order chi connectivity index (χ1) is 13.7. The van der Waals surface area contributed by atoms with E-state index in [9.17, 15) is 0 Å². The number of anilines is 1. The van der Waals surface area contributed by atoms with Crippen molar-refractivity contribution in [1.29, 1.82) is 0 Å². The summed E-state index contributed by atoms with van der Waals surface area (Å²) in [5.74, 6) is 0. The second-order valence-electron chi connectivity index (χ2n) is 7.57. The molecular weight excluding hydrogens is 386 g/mol. The molecule has 1 saturated carbocycles. The lowest BCUT2D eigenvalue weighted by Gasteiger charge is -2.33. The van der Waals surface area contributed by atoms with Crippen LogP contribution in [0, 0.1) is 0 Å². The van der Waals surface area contributed by atoms with Gasteiger partial charge in [-0.3, -0.25) is 0 Å². The van der Waals surface area contributed by atoms with Crippen molar-refractivity contribution in [2.24, 2.45) is 0 Å². The van der Waals surface area contributed by atoms with Crippen molar-refractivity contribution in [3.63, 3.8) is 0 Å². The number of aromatic amines is 1. The molecule has 1 aromatic heterocycles. The number of nitrogens with zero attached hydrogens (tertiary/aromatic N) is 1. The van der Waals surface area contributed by atoms with Crippen LogP contribution in [0.2, 0.25) is 5.02 Å². The second kappa shape index (κ2) is 8.97. The highest BCUT2D eigenvalue weighted by atomic mass is 35.5. The van der Waals surface area contributed by atoms with Crippen LogP contribution >= 0.6 is 23.8 Å². The third-order valence-electron chi connectivity index (χ3n) is 5.62. The van der Waals surface area contributed by atoms with E-state index in [1.165, 1.54) is 55.0 Å². The maximum absolute atomic E-state index is 6.16. The number of halogens is 1. The van der Waals surface area contributed by atoms with Crippen LogP contribution in [0.3, 0.4) is 0 Å². The van der Waals surface area contributed by atoms with E-state index in [2.05, 4.69) is 45.7 Å². The standard InChI is InChI=1S/C23H26ClN3S/c24-18-8-7-9-19(14-18)26-23(28)27(20-10-3-1-2-4-11-20)16-17-15-25-22-13-6-5-12-21(17)22/h5-9,12-15,20,25H,1-4,10-11,16H2,(H,26,28). The van der Waals surface area contributed by atoms with Crippen LogP contribution < -0.4 is 5.32 Å². The zero-order chi connectivity index (χ0) is 19.3. The first kappa shape index (κ1) is 19.3. The number of H-pyrrole nitrogens is 1. The van der Waals surface area contributed by atoms with Crippen LogP contribution in [0.25, 0.3) is 10.9 Å². The third kappa shape index (κ3) is 4.50. The summed E-state index contributed by atoms with van der Waals surface area (Å²) in [6.45, 7) is 0.807. The molecule has 0 unspecified atom stereocenters. The van der Waals surface area contributed by atoms with Crippen molar-refractivity contribution >= 4 is 45.5 Å². The minimum absolute atomic E-state index is 0.468. The van der Waals surface area contributed by atoms with Crippen LogP contribution in [0.5, 0.6) is 0 Å². The predicted molar refractivity (Wildman–Crippen MR) is 123 cm³/mol. The number of para-hydroxylation sites is 1. The van der Waals surface area contributed by atoms with E-state index in [0.717, 1.165) is 17.3 Å². The molecule has 3 nitrogen and oxygen atoms in total. The molecule has 1 fully saturated rings. The Morgan fingerprint density at radius 1 is 1.07 bits per heavy atom. The highest BCUT2D eigenvalue weighted by Gasteiger charge is 2.23. The molecule has 0 saturated heterocycles. The van der Waals surface area contributed by atoms with Crippen molar-refractivity contribution in [2.45, 2.75) is 51.1 Å². The number of fused-ring (bicyclic) bond motifs is 1. The summed E-state index contributed by atoms with van der Waals surface area (Å²) in [5.41, 5.74) is 3.40. The normalized spacial score (nSPS) is 15.3. The monoisotopic (exact) mass is 411 g/mol. The van der Waals surface area contributed by atoms with Gasteiger partial charge in [-0.15, -0.1) is 0 Å². The smallest absolute Gasteiger partial charge is 0.173 e. The Kier molecular flexibility index (Phi) is 6.18. The van der Waals surface area contributed by atoms with E-state index in [-0.39, 0.29) is 0 Å².